The number of hydroxylamine groups is 1. The van der Waals surface area contributed by atoms with Crippen molar-refractivity contribution < 1.29 is 9.63 Å². The molecule has 82 valence electrons. The predicted octanol–water partition coefficient (Wildman–Crippen LogP) is 0.0656. The van der Waals surface area contributed by atoms with E-state index in [1.54, 1.807) is 12.3 Å². The van der Waals surface area contributed by atoms with Gasteiger partial charge in [0.15, 0.2) is 0 Å². The summed E-state index contributed by atoms with van der Waals surface area (Å²) in [6, 6.07) is 1.64. The quantitative estimate of drug-likeness (QED) is 0.689. The van der Waals surface area contributed by atoms with Gasteiger partial charge < -0.3 is 5.73 Å². The van der Waals surface area contributed by atoms with Gasteiger partial charge in [-0.2, -0.15) is 5.10 Å². The maximum atomic E-state index is 11.4. The van der Waals surface area contributed by atoms with Crippen molar-refractivity contribution in [2.45, 2.75) is 31.9 Å². The Hall–Kier alpha value is -1.56. The van der Waals surface area contributed by atoms with E-state index in [1.807, 2.05) is 0 Å². The summed E-state index contributed by atoms with van der Waals surface area (Å²) < 4.78 is 1.42. The highest BCUT2D eigenvalue weighted by molar-refractivity contribution is 5.74. The number of amides is 1. The maximum absolute atomic E-state index is 11.4. The molecule has 1 fully saturated rings. The SMILES string of the molecule is Nc1ccnn1CC(=O)NOC1CCC1. The molecule has 2 rings (SSSR count). The topological polar surface area (TPSA) is 82.2 Å². The van der Waals surface area contributed by atoms with E-state index in [4.69, 9.17) is 10.6 Å². The van der Waals surface area contributed by atoms with Crippen LogP contribution in [0.4, 0.5) is 5.82 Å². The average molecular weight is 210 g/mol. The molecule has 6 heteroatoms. The fourth-order valence-corrected chi connectivity index (χ4v) is 1.28. The van der Waals surface area contributed by atoms with Crippen molar-refractivity contribution in [2.24, 2.45) is 0 Å². The third-order valence-corrected chi connectivity index (χ3v) is 2.43. The second-order valence-corrected chi connectivity index (χ2v) is 3.61. The van der Waals surface area contributed by atoms with Crippen LogP contribution in [0.1, 0.15) is 19.3 Å². The van der Waals surface area contributed by atoms with Gasteiger partial charge in [-0.3, -0.25) is 9.63 Å². The molecule has 0 spiro atoms. The highest BCUT2D eigenvalue weighted by Crippen LogP contribution is 2.20. The molecule has 6 nitrogen and oxygen atoms in total. The Morgan fingerprint density at radius 2 is 2.53 bits per heavy atom. The molecule has 1 heterocycles. The molecule has 0 unspecified atom stereocenters. The van der Waals surface area contributed by atoms with Crippen LogP contribution in [0.25, 0.3) is 0 Å². The number of hydrogen-bond acceptors (Lipinski definition) is 4. The highest BCUT2D eigenvalue weighted by Gasteiger charge is 2.19. The summed E-state index contributed by atoms with van der Waals surface area (Å²) in [4.78, 5) is 16.5. The number of nitrogens with zero attached hydrogens (tertiary/aromatic N) is 2. The summed E-state index contributed by atoms with van der Waals surface area (Å²) in [6.45, 7) is 0.0888. The third kappa shape index (κ3) is 2.47. The molecule has 1 aromatic rings. The molecule has 0 aromatic carbocycles. The van der Waals surface area contributed by atoms with Gasteiger partial charge >= 0.3 is 0 Å². The van der Waals surface area contributed by atoms with Crippen LogP contribution in [0.15, 0.2) is 12.3 Å². The van der Waals surface area contributed by atoms with Gasteiger partial charge in [-0.05, 0) is 25.3 Å². The zero-order chi connectivity index (χ0) is 10.7. The van der Waals surface area contributed by atoms with E-state index in [0.717, 1.165) is 12.8 Å². The van der Waals surface area contributed by atoms with E-state index < -0.39 is 0 Å². The fourth-order valence-electron chi connectivity index (χ4n) is 1.28. The van der Waals surface area contributed by atoms with Crippen molar-refractivity contribution in [3.8, 4) is 0 Å². The zero-order valence-corrected chi connectivity index (χ0v) is 8.35. The Morgan fingerprint density at radius 1 is 1.73 bits per heavy atom. The second-order valence-electron chi connectivity index (χ2n) is 3.61. The Balaban J connectivity index is 1.74. The monoisotopic (exact) mass is 210 g/mol. The lowest BCUT2D eigenvalue weighted by Crippen LogP contribution is -2.35. The van der Waals surface area contributed by atoms with Crippen LogP contribution in [0.5, 0.6) is 0 Å². The Labute approximate surface area is 87.3 Å². The van der Waals surface area contributed by atoms with E-state index in [1.165, 1.54) is 11.1 Å². The number of hydrogen-bond donors (Lipinski definition) is 2. The fraction of sp³-hybridized carbons (Fsp3) is 0.556. The lowest BCUT2D eigenvalue weighted by Gasteiger charge is -2.24. The highest BCUT2D eigenvalue weighted by atomic mass is 16.7. The van der Waals surface area contributed by atoms with Gasteiger partial charge in [0.2, 0.25) is 0 Å². The third-order valence-electron chi connectivity index (χ3n) is 2.43. The van der Waals surface area contributed by atoms with Crippen molar-refractivity contribution >= 4 is 11.7 Å². The van der Waals surface area contributed by atoms with Crippen LogP contribution in [0, 0.1) is 0 Å². The molecule has 15 heavy (non-hydrogen) atoms. The van der Waals surface area contributed by atoms with Crippen molar-refractivity contribution in [1.82, 2.24) is 15.3 Å². The van der Waals surface area contributed by atoms with Crippen molar-refractivity contribution in [1.29, 1.82) is 0 Å². The van der Waals surface area contributed by atoms with Gasteiger partial charge in [0.1, 0.15) is 12.4 Å². The van der Waals surface area contributed by atoms with Crippen LogP contribution in [-0.4, -0.2) is 21.8 Å². The number of nitrogen functional groups attached to an aromatic ring is 1. The molecule has 0 saturated heterocycles. The minimum absolute atomic E-state index is 0.0888. The lowest BCUT2D eigenvalue weighted by molar-refractivity contribution is -0.143. The molecule has 1 aliphatic rings. The van der Waals surface area contributed by atoms with Gasteiger partial charge in [-0.15, -0.1) is 0 Å². The van der Waals surface area contributed by atoms with Gasteiger partial charge in [0, 0.05) is 0 Å². The maximum Gasteiger partial charge on any atom is 0.265 e. The van der Waals surface area contributed by atoms with E-state index in [0.29, 0.717) is 5.82 Å². The molecule has 0 bridgehead atoms. The molecule has 1 amide bonds. The average Bonchev–Trinajstić information content (AvgIpc) is 2.49. The summed E-state index contributed by atoms with van der Waals surface area (Å²) in [6.07, 6.45) is 4.94. The first-order valence-electron chi connectivity index (χ1n) is 4.97. The summed E-state index contributed by atoms with van der Waals surface area (Å²) in [5.74, 6) is 0.228. The smallest absolute Gasteiger partial charge is 0.265 e. The first kappa shape index (κ1) is 9.97. The molecule has 0 radical (unpaired) electrons. The standard InChI is InChI=1S/C9H14N4O2/c10-8-4-5-11-13(8)6-9(14)12-15-7-2-1-3-7/h4-5,7H,1-3,6,10H2,(H,12,14). The molecule has 0 atom stereocenters. The molecule has 1 aromatic heterocycles. The summed E-state index contributed by atoms with van der Waals surface area (Å²) in [5, 5.41) is 3.89. The predicted molar refractivity (Wildman–Crippen MR) is 53.5 cm³/mol. The van der Waals surface area contributed by atoms with Crippen LogP contribution < -0.4 is 11.2 Å². The van der Waals surface area contributed by atoms with Gasteiger partial charge in [0.05, 0.1) is 12.3 Å². The number of nitrogens with two attached hydrogens (primary N) is 1. The Bertz CT molecular complexity index is 346. The van der Waals surface area contributed by atoms with E-state index >= 15 is 0 Å². The largest absolute Gasteiger partial charge is 0.384 e. The minimum atomic E-state index is -0.239. The lowest BCUT2D eigenvalue weighted by atomic mass is 9.97. The number of rotatable bonds is 4. The molecule has 1 aliphatic carbocycles. The Kier molecular flexibility index (Phi) is 2.86. The van der Waals surface area contributed by atoms with Crippen molar-refractivity contribution in [3.63, 3.8) is 0 Å². The molecular formula is C9H14N4O2. The minimum Gasteiger partial charge on any atom is -0.384 e. The molecule has 3 N–H and O–H groups in total. The van der Waals surface area contributed by atoms with Crippen molar-refractivity contribution in [3.05, 3.63) is 12.3 Å². The molecule has 1 saturated carbocycles. The number of aromatic nitrogens is 2. The first-order valence-corrected chi connectivity index (χ1v) is 4.97. The van der Waals surface area contributed by atoms with Gasteiger partial charge in [-0.25, -0.2) is 10.2 Å². The first-order chi connectivity index (χ1) is 7.25. The molecular weight excluding hydrogens is 196 g/mol. The number of anilines is 1. The normalized spacial score (nSPS) is 16.0. The number of carbonyl (C=O) groups excluding carboxylic acids is 1. The molecule has 0 aliphatic heterocycles. The van der Waals surface area contributed by atoms with Crippen molar-refractivity contribution in [2.75, 3.05) is 5.73 Å². The van der Waals surface area contributed by atoms with Crippen LogP contribution in [0.3, 0.4) is 0 Å². The van der Waals surface area contributed by atoms with Crippen LogP contribution >= 0.6 is 0 Å². The van der Waals surface area contributed by atoms with Crippen LogP contribution in [-0.2, 0) is 16.2 Å². The van der Waals surface area contributed by atoms with E-state index in [9.17, 15) is 4.79 Å². The zero-order valence-electron chi connectivity index (χ0n) is 8.35. The number of carbonyl (C=O) groups is 1. The van der Waals surface area contributed by atoms with E-state index in [-0.39, 0.29) is 18.6 Å². The number of nitrogens with one attached hydrogen (secondary N) is 1. The summed E-state index contributed by atoms with van der Waals surface area (Å²) in [5.41, 5.74) is 7.96. The van der Waals surface area contributed by atoms with Gasteiger partial charge in [-0.1, -0.05) is 0 Å². The van der Waals surface area contributed by atoms with E-state index in [2.05, 4.69) is 10.6 Å². The summed E-state index contributed by atoms with van der Waals surface area (Å²) >= 11 is 0. The second kappa shape index (κ2) is 4.31. The van der Waals surface area contributed by atoms with Crippen LogP contribution in [0.2, 0.25) is 0 Å². The Morgan fingerprint density at radius 3 is 3.07 bits per heavy atom. The van der Waals surface area contributed by atoms with Gasteiger partial charge in [0.25, 0.3) is 5.91 Å². The summed E-state index contributed by atoms with van der Waals surface area (Å²) in [7, 11) is 0.